The maximum Gasteiger partial charge on any atom is 0.264 e. The molecule has 38 heavy (non-hydrogen) atoms. The fourth-order valence-electron chi connectivity index (χ4n) is 4.18. The van der Waals surface area contributed by atoms with Crippen LogP contribution in [0.5, 0.6) is 0 Å². The third-order valence-corrected chi connectivity index (χ3v) is 8.31. The highest BCUT2D eigenvalue weighted by atomic mass is 32.2. The van der Waals surface area contributed by atoms with Crippen LogP contribution in [0.1, 0.15) is 39.2 Å². The van der Waals surface area contributed by atoms with Gasteiger partial charge in [-0.05, 0) is 56.0 Å². The van der Waals surface area contributed by atoms with Crippen molar-refractivity contribution in [3.63, 3.8) is 0 Å². The fraction of sp³-hybridized carbons (Fsp3) is 0.333. The lowest BCUT2D eigenvalue weighted by atomic mass is 10.1. The first kappa shape index (κ1) is 28.9. The molecule has 0 bridgehead atoms. The van der Waals surface area contributed by atoms with E-state index in [1.807, 2.05) is 51.1 Å². The molecule has 3 aromatic carbocycles. The number of anilines is 1. The van der Waals surface area contributed by atoms with Crippen LogP contribution in [0.2, 0.25) is 0 Å². The van der Waals surface area contributed by atoms with Crippen molar-refractivity contribution in [1.29, 1.82) is 0 Å². The van der Waals surface area contributed by atoms with Crippen LogP contribution in [-0.2, 0) is 26.0 Å². The largest absolute Gasteiger partial charge is 0.352 e. The molecule has 0 aromatic heterocycles. The van der Waals surface area contributed by atoms with Crippen LogP contribution in [0.3, 0.4) is 0 Å². The van der Waals surface area contributed by atoms with Crippen LogP contribution in [0.4, 0.5) is 5.69 Å². The maximum atomic E-state index is 13.9. The average molecular weight is 536 g/mol. The molecule has 3 rings (SSSR count). The summed E-state index contributed by atoms with van der Waals surface area (Å²) in [6, 6.07) is 25.6. The number of nitrogens with zero attached hydrogens (tertiary/aromatic N) is 2. The summed E-state index contributed by atoms with van der Waals surface area (Å²) in [6.07, 6.45) is 1.70. The van der Waals surface area contributed by atoms with Crippen molar-refractivity contribution in [3.05, 3.63) is 96.6 Å². The molecule has 202 valence electrons. The summed E-state index contributed by atoms with van der Waals surface area (Å²) in [5, 5.41) is 2.99. The van der Waals surface area contributed by atoms with E-state index in [-0.39, 0.29) is 23.4 Å². The number of nitrogens with one attached hydrogen (secondary N) is 1. The molecule has 0 heterocycles. The minimum Gasteiger partial charge on any atom is -0.352 e. The Balaban J connectivity index is 1.96. The Morgan fingerprint density at radius 3 is 1.92 bits per heavy atom. The quantitative estimate of drug-likeness (QED) is 0.345. The van der Waals surface area contributed by atoms with E-state index in [2.05, 4.69) is 5.32 Å². The number of sulfonamides is 1. The molecule has 2 atom stereocenters. The molecule has 0 aliphatic heterocycles. The van der Waals surface area contributed by atoms with Crippen LogP contribution < -0.4 is 9.62 Å². The SMILES string of the molecule is CCC(C)NC(=O)C(CC)N(CCc1ccccc1)C(=O)CN(c1ccccc1)S(=O)(=O)c1ccccc1. The van der Waals surface area contributed by atoms with Crippen LogP contribution in [0.15, 0.2) is 95.9 Å². The van der Waals surface area contributed by atoms with Gasteiger partial charge in [-0.3, -0.25) is 13.9 Å². The molecule has 2 unspecified atom stereocenters. The van der Waals surface area contributed by atoms with Gasteiger partial charge in [0.05, 0.1) is 10.6 Å². The minimum atomic E-state index is -4.04. The second-order valence-corrected chi connectivity index (χ2v) is 11.1. The summed E-state index contributed by atoms with van der Waals surface area (Å²) in [5.74, 6) is -0.670. The van der Waals surface area contributed by atoms with Crippen molar-refractivity contribution in [2.24, 2.45) is 0 Å². The zero-order valence-electron chi connectivity index (χ0n) is 22.3. The van der Waals surface area contributed by atoms with E-state index >= 15 is 0 Å². The summed E-state index contributed by atoms with van der Waals surface area (Å²) in [5.41, 5.74) is 1.41. The smallest absolute Gasteiger partial charge is 0.264 e. The van der Waals surface area contributed by atoms with E-state index in [4.69, 9.17) is 0 Å². The molecule has 2 amide bonds. The van der Waals surface area contributed by atoms with Crippen molar-refractivity contribution in [1.82, 2.24) is 10.2 Å². The van der Waals surface area contributed by atoms with Gasteiger partial charge in [0.15, 0.2) is 0 Å². The zero-order chi connectivity index (χ0) is 27.5. The van der Waals surface area contributed by atoms with Gasteiger partial charge in [0, 0.05) is 12.6 Å². The van der Waals surface area contributed by atoms with E-state index in [0.29, 0.717) is 18.5 Å². The maximum absolute atomic E-state index is 13.9. The number of hydrogen-bond donors (Lipinski definition) is 1. The molecular weight excluding hydrogens is 498 g/mol. The lowest BCUT2D eigenvalue weighted by molar-refractivity contribution is -0.139. The summed E-state index contributed by atoms with van der Waals surface area (Å²) in [4.78, 5) is 28.8. The van der Waals surface area contributed by atoms with Crippen LogP contribution in [0.25, 0.3) is 0 Å². The van der Waals surface area contributed by atoms with Crippen molar-refractivity contribution in [2.45, 2.75) is 57.0 Å². The van der Waals surface area contributed by atoms with Gasteiger partial charge in [-0.15, -0.1) is 0 Å². The topological polar surface area (TPSA) is 86.8 Å². The Kier molecular flexibility index (Phi) is 10.5. The first-order valence-corrected chi connectivity index (χ1v) is 14.5. The molecule has 8 heteroatoms. The summed E-state index contributed by atoms with van der Waals surface area (Å²) in [6.45, 7) is 5.62. The molecule has 0 spiro atoms. The van der Waals surface area contributed by atoms with Gasteiger partial charge in [-0.25, -0.2) is 8.42 Å². The van der Waals surface area contributed by atoms with Crippen LogP contribution >= 0.6 is 0 Å². The van der Waals surface area contributed by atoms with Crippen LogP contribution in [0, 0.1) is 0 Å². The first-order valence-electron chi connectivity index (χ1n) is 13.0. The fourth-order valence-corrected chi connectivity index (χ4v) is 5.61. The van der Waals surface area contributed by atoms with Gasteiger partial charge >= 0.3 is 0 Å². The second kappa shape index (κ2) is 13.8. The molecule has 3 aromatic rings. The lowest BCUT2D eigenvalue weighted by Crippen LogP contribution is -2.54. The van der Waals surface area contributed by atoms with E-state index in [9.17, 15) is 18.0 Å². The zero-order valence-corrected chi connectivity index (χ0v) is 23.1. The first-order chi connectivity index (χ1) is 18.3. The molecule has 0 aliphatic carbocycles. The minimum absolute atomic E-state index is 0.0399. The van der Waals surface area contributed by atoms with Crippen LogP contribution in [-0.4, -0.2) is 50.3 Å². The normalized spacial score (nSPS) is 12.8. The van der Waals surface area contributed by atoms with Crippen molar-refractivity contribution in [2.75, 3.05) is 17.4 Å². The molecule has 0 aliphatic rings. The highest BCUT2D eigenvalue weighted by molar-refractivity contribution is 7.92. The second-order valence-electron chi connectivity index (χ2n) is 9.22. The Morgan fingerprint density at radius 2 is 1.37 bits per heavy atom. The number of rotatable bonds is 13. The van der Waals surface area contributed by atoms with Gasteiger partial charge in [-0.1, -0.05) is 80.6 Å². The molecule has 1 N–H and O–H groups in total. The summed E-state index contributed by atoms with van der Waals surface area (Å²) >= 11 is 0. The Bertz CT molecular complexity index is 1270. The van der Waals surface area contributed by atoms with Gasteiger partial charge in [0.1, 0.15) is 12.6 Å². The summed E-state index contributed by atoms with van der Waals surface area (Å²) < 4.78 is 28.5. The number of amides is 2. The molecule has 0 saturated heterocycles. The Labute approximate surface area is 226 Å². The highest BCUT2D eigenvalue weighted by Gasteiger charge is 2.33. The lowest BCUT2D eigenvalue weighted by Gasteiger charge is -2.33. The van der Waals surface area contributed by atoms with E-state index < -0.39 is 28.5 Å². The predicted octanol–water partition coefficient (Wildman–Crippen LogP) is 4.65. The van der Waals surface area contributed by atoms with Crippen molar-refractivity contribution in [3.8, 4) is 0 Å². The van der Waals surface area contributed by atoms with E-state index in [0.717, 1.165) is 16.3 Å². The third-order valence-electron chi connectivity index (χ3n) is 6.53. The van der Waals surface area contributed by atoms with E-state index in [1.165, 1.54) is 17.0 Å². The van der Waals surface area contributed by atoms with Gasteiger partial charge < -0.3 is 10.2 Å². The molecule has 7 nitrogen and oxygen atoms in total. The standard InChI is InChI=1S/C30H37N3O4S/c1-4-24(3)31-30(35)28(5-2)32(22-21-25-15-9-6-10-16-25)29(34)23-33(26-17-11-7-12-18-26)38(36,37)27-19-13-8-14-20-27/h6-20,24,28H,4-5,21-23H2,1-3H3,(H,31,35). The van der Waals surface area contributed by atoms with Gasteiger partial charge in [-0.2, -0.15) is 0 Å². The molecule has 0 radical (unpaired) electrons. The number of carbonyl (C=O) groups excluding carboxylic acids is 2. The third kappa shape index (κ3) is 7.44. The molecule has 0 saturated carbocycles. The Hall–Kier alpha value is -3.65. The van der Waals surface area contributed by atoms with Crippen molar-refractivity contribution < 1.29 is 18.0 Å². The number of benzene rings is 3. The predicted molar refractivity (Wildman–Crippen MR) is 151 cm³/mol. The molecule has 0 fully saturated rings. The Morgan fingerprint density at radius 1 is 0.816 bits per heavy atom. The van der Waals surface area contributed by atoms with Crippen molar-refractivity contribution >= 4 is 27.5 Å². The van der Waals surface area contributed by atoms with E-state index in [1.54, 1.807) is 48.5 Å². The average Bonchev–Trinajstić information content (AvgIpc) is 2.95. The number of carbonyl (C=O) groups is 2. The van der Waals surface area contributed by atoms with Gasteiger partial charge in [0.2, 0.25) is 11.8 Å². The highest BCUT2D eigenvalue weighted by Crippen LogP contribution is 2.24. The monoisotopic (exact) mass is 535 g/mol. The number of hydrogen-bond acceptors (Lipinski definition) is 4. The summed E-state index contributed by atoms with van der Waals surface area (Å²) in [7, 11) is -4.04. The number of para-hydroxylation sites is 1. The molecular formula is C30H37N3O4S. The van der Waals surface area contributed by atoms with Gasteiger partial charge in [0.25, 0.3) is 10.0 Å².